The second kappa shape index (κ2) is 6.77. The van der Waals surface area contributed by atoms with Crippen molar-refractivity contribution in [2.24, 2.45) is 0 Å². The van der Waals surface area contributed by atoms with Gasteiger partial charge >= 0.3 is 5.13 Å². The zero-order valence-electron chi connectivity index (χ0n) is 12.0. The van der Waals surface area contributed by atoms with E-state index in [9.17, 15) is 0 Å². The van der Waals surface area contributed by atoms with Crippen molar-refractivity contribution in [2.75, 3.05) is 5.32 Å². The number of anilines is 2. The number of hydrogen-bond acceptors (Lipinski definition) is 2. The third-order valence-electron chi connectivity index (χ3n) is 3.31. The van der Waals surface area contributed by atoms with E-state index >= 15 is 0 Å². The van der Waals surface area contributed by atoms with Crippen molar-refractivity contribution in [2.45, 2.75) is 6.54 Å². The summed E-state index contributed by atoms with van der Waals surface area (Å²) in [6.07, 6.45) is 1.90. The lowest BCUT2D eigenvalue weighted by molar-refractivity contribution is -0.657. The Labute approximate surface area is 139 Å². The molecule has 0 fully saturated rings. The van der Waals surface area contributed by atoms with Crippen LogP contribution >= 0.6 is 22.9 Å². The van der Waals surface area contributed by atoms with Gasteiger partial charge in [-0.25, -0.2) is 9.88 Å². The average Bonchev–Trinajstić information content (AvgIpc) is 2.94. The van der Waals surface area contributed by atoms with Crippen LogP contribution in [0.1, 0.15) is 0 Å². The van der Waals surface area contributed by atoms with Gasteiger partial charge in [0.2, 0.25) is 0 Å². The molecule has 2 nitrogen and oxygen atoms in total. The van der Waals surface area contributed by atoms with Crippen molar-refractivity contribution in [1.82, 2.24) is 0 Å². The minimum absolute atomic E-state index is 0.710. The van der Waals surface area contributed by atoms with Gasteiger partial charge in [0.25, 0.3) is 0 Å². The highest BCUT2D eigenvalue weighted by Gasteiger charge is 2.19. The summed E-state index contributed by atoms with van der Waals surface area (Å²) in [5, 5.41) is 7.31. The summed E-state index contributed by atoms with van der Waals surface area (Å²) in [6.45, 7) is 4.60. The Bertz CT molecular complexity index is 781. The van der Waals surface area contributed by atoms with Crippen LogP contribution in [0.4, 0.5) is 10.8 Å². The lowest BCUT2D eigenvalue weighted by Crippen LogP contribution is -2.35. The fraction of sp³-hybridized carbons (Fsp3) is 0.0556. The fourth-order valence-electron chi connectivity index (χ4n) is 2.27. The van der Waals surface area contributed by atoms with Crippen molar-refractivity contribution in [3.63, 3.8) is 0 Å². The Hall–Kier alpha value is -2.10. The smallest absolute Gasteiger partial charge is 0.230 e. The van der Waals surface area contributed by atoms with E-state index in [-0.39, 0.29) is 0 Å². The van der Waals surface area contributed by atoms with E-state index in [2.05, 4.69) is 34.0 Å². The van der Waals surface area contributed by atoms with Crippen LogP contribution in [-0.2, 0) is 6.54 Å². The standard InChI is InChI=1S/C18H15ClN2S/c1-2-12-21-17(14-8-4-3-5-9-14)13-22-18(21)20-16-11-7-6-10-15(16)19/h2-11,13H,1,12H2/p+1. The molecule has 22 heavy (non-hydrogen) atoms. The molecule has 0 bridgehead atoms. The molecule has 0 saturated carbocycles. The van der Waals surface area contributed by atoms with Crippen LogP contribution in [0.25, 0.3) is 11.3 Å². The van der Waals surface area contributed by atoms with Gasteiger partial charge in [-0.2, -0.15) is 0 Å². The first-order valence-electron chi connectivity index (χ1n) is 6.99. The van der Waals surface area contributed by atoms with Gasteiger partial charge in [-0.05, 0) is 12.1 Å². The Morgan fingerprint density at radius 1 is 1.09 bits per heavy atom. The predicted molar refractivity (Wildman–Crippen MR) is 94.9 cm³/mol. The molecule has 0 aliphatic rings. The van der Waals surface area contributed by atoms with Gasteiger partial charge in [0, 0.05) is 10.9 Å². The second-order valence-corrected chi connectivity index (χ2v) is 6.06. The van der Waals surface area contributed by atoms with Gasteiger partial charge in [0.1, 0.15) is 17.9 Å². The lowest BCUT2D eigenvalue weighted by atomic mass is 10.2. The molecule has 110 valence electrons. The summed E-state index contributed by atoms with van der Waals surface area (Å²) in [5.74, 6) is 0. The summed E-state index contributed by atoms with van der Waals surface area (Å²) in [4.78, 5) is 0. The first-order chi connectivity index (χ1) is 10.8. The minimum atomic E-state index is 0.710. The van der Waals surface area contributed by atoms with Crippen LogP contribution in [0, 0.1) is 0 Å². The molecular weight excluding hydrogens is 312 g/mol. The SMILES string of the molecule is C=CC[n+]1c(-c2ccccc2)csc1Nc1ccccc1Cl. The Balaban J connectivity index is 2.00. The van der Waals surface area contributed by atoms with E-state index in [1.165, 1.54) is 11.3 Å². The van der Waals surface area contributed by atoms with Crippen molar-refractivity contribution in [1.29, 1.82) is 0 Å². The number of hydrogen-bond donors (Lipinski definition) is 1. The molecule has 1 heterocycles. The molecule has 0 atom stereocenters. The third-order valence-corrected chi connectivity index (χ3v) is 4.53. The zero-order chi connectivity index (χ0) is 15.4. The Kier molecular flexibility index (Phi) is 4.56. The molecule has 0 spiro atoms. The van der Waals surface area contributed by atoms with Crippen LogP contribution in [0.5, 0.6) is 0 Å². The normalized spacial score (nSPS) is 10.4. The zero-order valence-corrected chi connectivity index (χ0v) is 13.6. The summed E-state index contributed by atoms with van der Waals surface area (Å²) in [5.41, 5.74) is 3.26. The minimum Gasteiger partial charge on any atom is -0.230 e. The average molecular weight is 328 g/mol. The quantitative estimate of drug-likeness (QED) is 0.497. The monoisotopic (exact) mass is 327 g/mol. The van der Waals surface area contributed by atoms with E-state index in [0.717, 1.165) is 17.4 Å². The first kappa shape index (κ1) is 14.8. The number of rotatable bonds is 5. The van der Waals surface area contributed by atoms with E-state index in [1.807, 2.05) is 48.5 Å². The third kappa shape index (κ3) is 3.06. The molecule has 0 radical (unpaired) electrons. The number of nitrogens with zero attached hydrogens (tertiary/aromatic N) is 1. The number of para-hydroxylation sites is 1. The van der Waals surface area contributed by atoms with E-state index in [4.69, 9.17) is 11.6 Å². The number of nitrogens with one attached hydrogen (secondary N) is 1. The molecule has 0 aliphatic carbocycles. The Morgan fingerprint density at radius 2 is 1.82 bits per heavy atom. The number of allylic oxidation sites excluding steroid dienone is 1. The molecule has 4 heteroatoms. The molecule has 3 rings (SSSR count). The molecule has 0 saturated heterocycles. The van der Waals surface area contributed by atoms with Crippen LogP contribution in [-0.4, -0.2) is 0 Å². The molecule has 0 aliphatic heterocycles. The first-order valence-corrected chi connectivity index (χ1v) is 8.24. The molecular formula is C18H16ClN2S+. The molecule has 1 aromatic heterocycles. The largest absolute Gasteiger partial charge is 0.339 e. The van der Waals surface area contributed by atoms with Gasteiger partial charge in [-0.3, -0.25) is 0 Å². The van der Waals surface area contributed by atoms with Gasteiger partial charge < -0.3 is 0 Å². The summed E-state index contributed by atoms with van der Waals surface area (Å²) in [7, 11) is 0. The van der Waals surface area contributed by atoms with E-state index in [0.29, 0.717) is 5.02 Å². The van der Waals surface area contributed by atoms with E-state index in [1.54, 1.807) is 11.3 Å². The Morgan fingerprint density at radius 3 is 2.55 bits per heavy atom. The number of benzene rings is 2. The van der Waals surface area contributed by atoms with Gasteiger partial charge in [-0.1, -0.05) is 78.1 Å². The van der Waals surface area contributed by atoms with Gasteiger partial charge in [0.05, 0.1) is 5.02 Å². The highest BCUT2D eigenvalue weighted by atomic mass is 35.5. The molecule has 0 amide bonds. The predicted octanol–water partition coefficient (Wildman–Crippen LogP) is 5.29. The lowest BCUT2D eigenvalue weighted by Gasteiger charge is -2.05. The highest BCUT2D eigenvalue weighted by molar-refractivity contribution is 7.13. The van der Waals surface area contributed by atoms with Crippen molar-refractivity contribution >= 4 is 33.8 Å². The summed E-state index contributed by atoms with van der Waals surface area (Å²) < 4.78 is 2.20. The highest BCUT2D eigenvalue weighted by Crippen LogP contribution is 2.28. The number of aromatic nitrogens is 1. The van der Waals surface area contributed by atoms with Crippen LogP contribution < -0.4 is 9.88 Å². The molecule has 2 aromatic carbocycles. The van der Waals surface area contributed by atoms with Crippen molar-refractivity contribution < 1.29 is 4.57 Å². The molecule has 0 unspecified atom stereocenters. The number of halogens is 1. The maximum absolute atomic E-state index is 6.24. The second-order valence-electron chi connectivity index (χ2n) is 4.80. The summed E-state index contributed by atoms with van der Waals surface area (Å²) >= 11 is 7.90. The molecule has 1 N–H and O–H groups in total. The fourth-order valence-corrected chi connectivity index (χ4v) is 3.40. The topological polar surface area (TPSA) is 15.9 Å². The van der Waals surface area contributed by atoms with E-state index < -0.39 is 0 Å². The maximum atomic E-state index is 6.24. The van der Waals surface area contributed by atoms with Crippen LogP contribution in [0.3, 0.4) is 0 Å². The van der Waals surface area contributed by atoms with Gasteiger partial charge in [-0.15, -0.1) is 0 Å². The van der Waals surface area contributed by atoms with Crippen LogP contribution in [0.2, 0.25) is 5.02 Å². The summed E-state index contributed by atoms with van der Waals surface area (Å²) in [6, 6.07) is 18.1. The van der Waals surface area contributed by atoms with Crippen molar-refractivity contribution in [3.8, 4) is 11.3 Å². The van der Waals surface area contributed by atoms with Gasteiger partial charge in [0.15, 0.2) is 0 Å². The maximum Gasteiger partial charge on any atom is 0.339 e. The molecule has 3 aromatic rings. The number of thiazole rings is 1. The van der Waals surface area contributed by atoms with Crippen molar-refractivity contribution in [3.05, 3.63) is 77.7 Å². The van der Waals surface area contributed by atoms with Crippen LogP contribution in [0.15, 0.2) is 72.6 Å².